The van der Waals surface area contributed by atoms with Gasteiger partial charge in [0.25, 0.3) is 5.91 Å². The third kappa shape index (κ3) is 2.46. The van der Waals surface area contributed by atoms with Crippen LogP contribution < -0.4 is 16.4 Å². The van der Waals surface area contributed by atoms with Gasteiger partial charge >= 0.3 is 0 Å². The smallest absolute Gasteiger partial charge is 0.273 e. The molecule has 0 aromatic carbocycles. The molecule has 1 aliphatic rings. The molecule has 4 N–H and O–H groups in total. The van der Waals surface area contributed by atoms with Crippen molar-refractivity contribution in [3.63, 3.8) is 0 Å². The van der Waals surface area contributed by atoms with Gasteiger partial charge in [-0.1, -0.05) is 0 Å². The highest BCUT2D eigenvalue weighted by Crippen LogP contribution is 2.06. The molecule has 1 aromatic heterocycles. The molecule has 1 aliphatic heterocycles. The lowest BCUT2D eigenvalue weighted by atomic mass is 10.1. The highest BCUT2D eigenvalue weighted by atomic mass is 16.2. The normalized spacial score (nSPS) is 20.4. The summed E-state index contributed by atoms with van der Waals surface area (Å²) in [7, 11) is 0. The summed E-state index contributed by atoms with van der Waals surface area (Å²) < 4.78 is 0. The van der Waals surface area contributed by atoms with Crippen molar-refractivity contribution in [1.29, 1.82) is 0 Å². The largest absolute Gasteiger partial charge is 0.382 e. The molecule has 86 valence electrons. The van der Waals surface area contributed by atoms with Crippen LogP contribution in [-0.2, 0) is 0 Å². The molecule has 1 atom stereocenters. The molecular weight excluding hydrogens is 206 g/mol. The lowest BCUT2D eigenvalue weighted by molar-refractivity contribution is 0.0926. The van der Waals surface area contributed by atoms with E-state index in [4.69, 9.17) is 5.73 Å². The second-order valence-electron chi connectivity index (χ2n) is 3.81. The van der Waals surface area contributed by atoms with Crippen LogP contribution in [0.25, 0.3) is 0 Å². The SMILES string of the molecule is Nc1nccnc1C(=O)NC1CCCNC1. The third-order valence-electron chi connectivity index (χ3n) is 2.57. The molecule has 1 unspecified atom stereocenters. The van der Waals surface area contributed by atoms with Gasteiger partial charge in [-0.2, -0.15) is 0 Å². The summed E-state index contributed by atoms with van der Waals surface area (Å²) >= 11 is 0. The molecule has 0 bridgehead atoms. The van der Waals surface area contributed by atoms with Crippen LogP contribution in [0.3, 0.4) is 0 Å². The van der Waals surface area contributed by atoms with Gasteiger partial charge in [0, 0.05) is 25.0 Å². The number of carbonyl (C=O) groups is 1. The number of carbonyl (C=O) groups excluding carboxylic acids is 1. The summed E-state index contributed by atoms with van der Waals surface area (Å²) in [6, 6.07) is 0.155. The van der Waals surface area contributed by atoms with Gasteiger partial charge in [-0.05, 0) is 19.4 Å². The molecule has 0 radical (unpaired) electrons. The summed E-state index contributed by atoms with van der Waals surface area (Å²) in [5, 5.41) is 6.12. The molecule has 0 aliphatic carbocycles. The first-order valence-electron chi connectivity index (χ1n) is 5.35. The van der Waals surface area contributed by atoms with Crippen molar-refractivity contribution >= 4 is 11.7 Å². The van der Waals surface area contributed by atoms with E-state index in [2.05, 4.69) is 20.6 Å². The van der Waals surface area contributed by atoms with Gasteiger partial charge in [-0.3, -0.25) is 4.79 Å². The number of nitrogens with one attached hydrogen (secondary N) is 2. The molecule has 2 heterocycles. The van der Waals surface area contributed by atoms with Gasteiger partial charge in [0.15, 0.2) is 11.5 Å². The highest BCUT2D eigenvalue weighted by Gasteiger charge is 2.18. The fraction of sp³-hybridized carbons (Fsp3) is 0.500. The number of piperidine rings is 1. The second kappa shape index (κ2) is 4.89. The minimum atomic E-state index is -0.251. The zero-order valence-corrected chi connectivity index (χ0v) is 8.94. The summed E-state index contributed by atoms with van der Waals surface area (Å²) in [5.41, 5.74) is 5.78. The fourth-order valence-electron chi connectivity index (χ4n) is 1.75. The molecular formula is C10H15N5O. The molecule has 6 heteroatoms. The van der Waals surface area contributed by atoms with Crippen LogP contribution in [0.2, 0.25) is 0 Å². The molecule has 0 saturated carbocycles. The Kier molecular flexibility index (Phi) is 3.31. The molecule has 16 heavy (non-hydrogen) atoms. The van der Waals surface area contributed by atoms with Crippen LogP contribution >= 0.6 is 0 Å². The Hall–Kier alpha value is -1.69. The van der Waals surface area contributed by atoms with Gasteiger partial charge < -0.3 is 16.4 Å². The first kappa shape index (κ1) is 10.8. The summed E-state index contributed by atoms with van der Waals surface area (Å²) in [6.07, 6.45) is 4.98. The highest BCUT2D eigenvalue weighted by molar-refractivity contribution is 5.96. The number of nitrogens with two attached hydrogens (primary N) is 1. The predicted molar refractivity (Wildman–Crippen MR) is 59.8 cm³/mol. The van der Waals surface area contributed by atoms with E-state index < -0.39 is 0 Å². The van der Waals surface area contributed by atoms with Crippen LogP contribution in [0.4, 0.5) is 5.82 Å². The maximum atomic E-state index is 11.8. The standard InChI is InChI=1S/C10H15N5O/c11-9-8(13-4-5-14-9)10(16)15-7-2-1-3-12-6-7/h4-5,7,12H,1-3,6H2,(H2,11,14)(H,15,16). The number of nitrogens with zero attached hydrogens (tertiary/aromatic N) is 2. The van der Waals surface area contributed by atoms with E-state index in [0.29, 0.717) is 0 Å². The van der Waals surface area contributed by atoms with E-state index in [9.17, 15) is 4.79 Å². The maximum absolute atomic E-state index is 11.8. The Bertz CT molecular complexity index is 375. The average Bonchev–Trinajstić information content (AvgIpc) is 2.31. The monoisotopic (exact) mass is 221 g/mol. The maximum Gasteiger partial charge on any atom is 0.273 e. The lowest BCUT2D eigenvalue weighted by Gasteiger charge is -2.23. The van der Waals surface area contributed by atoms with E-state index in [0.717, 1.165) is 25.9 Å². The molecule has 0 spiro atoms. The minimum absolute atomic E-state index is 0.155. The lowest BCUT2D eigenvalue weighted by Crippen LogP contribution is -2.45. The van der Waals surface area contributed by atoms with Crippen molar-refractivity contribution in [1.82, 2.24) is 20.6 Å². The Morgan fingerprint density at radius 1 is 1.50 bits per heavy atom. The van der Waals surface area contributed by atoms with E-state index >= 15 is 0 Å². The van der Waals surface area contributed by atoms with E-state index in [1.54, 1.807) is 0 Å². The van der Waals surface area contributed by atoms with E-state index in [1.807, 2.05) is 0 Å². The number of amides is 1. The van der Waals surface area contributed by atoms with Crippen molar-refractivity contribution in [3.05, 3.63) is 18.1 Å². The van der Waals surface area contributed by atoms with Crippen molar-refractivity contribution < 1.29 is 4.79 Å². The van der Waals surface area contributed by atoms with Gasteiger partial charge in [0.2, 0.25) is 0 Å². The number of hydrogen-bond acceptors (Lipinski definition) is 5. The molecule has 1 fully saturated rings. The van der Waals surface area contributed by atoms with E-state index in [-0.39, 0.29) is 23.5 Å². The van der Waals surface area contributed by atoms with Crippen LogP contribution in [0.1, 0.15) is 23.3 Å². The van der Waals surface area contributed by atoms with Crippen molar-refractivity contribution in [2.24, 2.45) is 0 Å². The first-order chi connectivity index (χ1) is 7.77. The van der Waals surface area contributed by atoms with Crippen molar-refractivity contribution in [3.8, 4) is 0 Å². The number of hydrogen-bond donors (Lipinski definition) is 3. The predicted octanol–water partition coefficient (Wildman–Crippen LogP) is -0.459. The molecule has 6 nitrogen and oxygen atoms in total. The first-order valence-corrected chi connectivity index (χ1v) is 5.35. The Morgan fingerprint density at radius 2 is 2.31 bits per heavy atom. The van der Waals surface area contributed by atoms with Crippen molar-refractivity contribution in [2.75, 3.05) is 18.8 Å². The number of anilines is 1. The summed E-state index contributed by atoms with van der Waals surface area (Å²) in [6.45, 7) is 1.81. The second-order valence-corrected chi connectivity index (χ2v) is 3.81. The van der Waals surface area contributed by atoms with Crippen LogP contribution in [0.5, 0.6) is 0 Å². The Labute approximate surface area is 93.7 Å². The topological polar surface area (TPSA) is 92.9 Å². The molecule has 1 amide bonds. The van der Waals surface area contributed by atoms with Gasteiger partial charge in [-0.15, -0.1) is 0 Å². The van der Waals surface area contributed by atoms with Crippen LogP contribution in [0.15, 0.2) is 12.4 Å². The Morgan fingerprint density at radius 3 is 3.00 bits per heavy atom. The van der Waals surface area contributed by atoms with Gasteiger partial charge in [0.1, 0.15) is 0 Å². The van der Waals surface area contributed by atoms with Crippen LogP contribution in [0, 0.1) is 0 Å². The molecule has 2 rings (SSSR count). The summed E-state index contributed by atoms with van der Waals surface area (Å²) in [5.74, 6) is -0.0805. The third-order valence-corrected chi connectivity index (χ3v) is 2.57. The zero-order valence-electron chi connectivity index (χ0n) is 8.94. The van der Waals surface area contributed by atoms with Crippen molar-refractivity contribution in [2.45, 2.75) is 18.9 Å². The fourth-order valence-corrected chi connectivity index (χ4v) is 1.75. The zero-order chi connectivity index (χ0) is 11.4. The van der Waals surface area contributed by atoms with E-state index in [1.165, 1.54) is 12.4 Å². The minimum Gasteiger partial charge on any atom is -0.382 e. The Balaban J connectivity index is 2.00. The summed E-state index contributed by atoms with van der Waals surface area (Å²) in [4.78, 5) is 19.6. The quantitative estimate of drug-likeness (QED) is 0.628. The van der Waals surface area contributed by atoms with Crippen LogP contribution in [-0.4, -0.2) is 35.0 Å². The number of rotatable bonds is 2. The van der Waals surface area contributed by atoms with Gasteiger partial charge in [-0.25, -0.2) is 9.97 Å². The number of aromatic nitrogens is 2. The molecule has 1 saturated heterocycles. The number of nitrogen functional groups attached to an aromatic ring is 1. The van der Waals surface area contributed by atoms with Gasteiger partial charge in [0.05, 0.1) is 0 Å². The average molecular weight is 221 g/mol. The molecule has 1 aromatic rings.